The van der Waals surface area contributed by atoms with E-state index in [2.05, 4.69) is 4.99 Å². The lowest BCUT2D eigenvalue weighted by Crippen LogP contribution is -2.03. The van der Waals surface area contributed by atoms with Gasteiger partial charge in [-0.1, -0.05) is 42.5 Å². The number of hydrogen-bond acceptors (Lipinski definition) is 3. The molecular weight excluding hydrogens is 250 g/mol. The third-order valence-corrected chi connectivity index (χ3v) is 3.60. The quantitative estimate of drug-likeness (QED) is 0.612. The molecule has 20 heavy (non-hydrogen) atoms. The van der Waals surface area contributed by atoms with Crippen molar-refractivity contribution in [3.8, 4) is 5.75 Å². The first-order valence-corrected chi connectivity index (χ1v) is 6.69. The van der Waals surface area contributed by atoms with Crippen LogP contribution in [0.3, 0.4) is 0 Å². The van der Waals surface area contributed by atoms with E-state index in [1.54, 1.807) is 6.08 Å². The lowest BCUT2D eigenvalue weighted by atomic mass is 10.1. The molecule has 1 saturated carbocycles. The Kier molecular flexibility index (Phi) is 3.36. The molecule has 0 radical (unpaired) electrons. The Balaban J connectivity index is 1.74. The van der Waals surface area contributed by atoms with Crippen LogP contribution in [-0.4, -0.2) is 6.08 Å². The summed E-state index contributed by atoms with van der Waals surface area (Å²) in [7, 11) is 0. The smallest absolute Gasteiger partial charge is 0.235 e. The summed E-state index contributed by atoms with van der Waals surface area (Å²) in [4.78, 5) is 14.4. The van der Waals surface area contributed by atoms with Crippen molar-refractivity contribution in [3.63, 3.8) is 0 Å². The zero-order valence-corrected chi connectivity index (χ0v) is 11.1. The fourth-order valence-electron chi connectivity index (χ4n) is 2.29. The van der Waals surface area contributed by atoms with Gasteiger partial charge in [-0.05, 0) is 36.1 Å². The van der Waals surface area contributed by atoms with Crippen molar-refractivity contribution in [2.24, 2.45) is 4.99 Å². The third-order valence-electron chi connectivity index (χ3n) is 3.60. The predicted molar refractivity (Wildman–Crippen MR) is 76.2 cm³/mol. The van der Waals surface area contributed by atoms with Crippen LogP contribution in [0.25, 0.3) is 0 Å². The molecule has 0 bridgehead atoms. The van der Waals surface area contributed by atoms with Gasteiger partial charge in [0.25, 0.3) is 0 Å². The van der Waals surface area contributed by atoms with Crippen LogP contribution in [-0.2, 0) is 16.9 Å². The number of hydrogen-bond donors (Lipinski definition) is 0. The molecule has 1 aliphatic carbocycles. The first kappa shape index (κ1) is 12.6. The summed E-state index contributed by atoms with van der Waals surface area (Å²) >= 11 is 0. The van der Waals surface area contributed by atoms with Crippen molar-refractivity contribution in [2.75, 3.05) is 0 Å². The molecule has 0 saturated heterocycles. The van der Waals surface area contributed by atoms with Gasteiger partial charge in [0.05, 0.1) is 5.54 Å². The fourth-order valence-corrected chi connectivity index (χ4v) is 2.29. The third kappa shape index (κ3) is 2.63. The maximum absolute atomic E-state index is 10.5. The molecular formula is C17H15NO2. The average Bonchev–Trinajstić information content (AvgIpc) is 3.28. The van der Waals surface area contributed by atoms with Gasteiger partial charge in [-0.2, -0.15) is 4.99 Å². The molecule has 100 valence electrons. The van der Waals surface area contributed by atoms with E-state index >= 15 is 0 Å². The van der Waals surface area contributed by atoms with Crippen molar-refractivity contribution in [2.45, 2.75) is 25.0 Å². The van der Waals surface area contributed by atoms with Crippen molar-refractivity contribution in [1.29, 1.82) is 0 Å². The second-order valence-corrected chi connectivity index (χ2v) is 5.04. The van der Waals surface area contributed by atoms with E-state index in [0.717, 1.165) is 29.7 Å². The average molecular weight is 265 g/mol. The van der Waals surface area contributed by atoms with Gasteiger partial charge in [0, 0.05) is 0 Å². The van der Waals surface area contributed by atoms with Gasteiger partial charge in [-0.25, -0.2) is 4.79 Å². The lowest BCUT2D eigenvalue weighted by molar-refractivity contribution is 0.305. The Morgan fingerprint density at radius 3 is 2.60 bits per heavy atom. The van der Waals surface area contributed by atoms with Gasteiger partial charge >= 0.3 is 0 Å². The maximum atomic E-state index is 10.5. The van der Waals surface area contributed by atoms with Crippen molar-refractivity contribution < 1.29 is 9.53 Å². The topological polar surface area (TPSA) is 38.7 Å². The highest BCUT2D eigenvalue weighted by molar-refractivity contribution is 5.43. The molecule has 3 nitrogen and oxygen atoms in total. The molecule has 0 spiro atoms. The molecule has 1 fully saturated rings. The van der Waals surface area contributed by atoms with Crippen LogP contribution in [0.5, 0.6) is 5.75 Å². The standard InChI is InChI=1S/C17H15NO2/c19-13-18-17(9-10-17)15-7-4-8-16(11-15)20-12-14-5-2-1-3-6-14/h1-8,11H,9-10,12H2. The Bertz CT molecular complexity index is 641. The summed E-state index contributed by atoms with van der Waals surface area (Å²) < 4.78 is 5.79. The Morgan fingerprint density at radius 1 is 1.10 bits per heavy atom. The maximum Gasteiger partial charge on any atom is 0.235 e. The van der Waals surface area contributed by atoms with Crippen LogP contribution >= 0.6 is 0 Å². The first-order chi connectivity index (χ1) is 9.82. The second-order valence-electron chi connectivity index (χ2n) is 5.04. The molecule has 0 amide bonds. The van der Waals surface area contributed by atoms with Gasteiger partial charge in [0.1, 0.15) is 12.4 Å². The van der Waals surface area contributed by atoms with E-state index < -0.39 is 0 Å². The van der Waals surface area contributed by atoms with E-state index in [9.17, 15) is 4.79 Å². The minimum absolute atomic E-state index is 0.339. The minimum Gasteiger partial charge on any atom is -0.489 e. The summed E-state index contributed by atoms with van der Waals surface area (Å²) in [5.74, 6) is 0.804. The summed E-state index contributed by atoms with van der Waals surface area (Å²) in [6.07, 6.45) is 3.49. The van der Waals surface area contributed by atoms with Gasteiger partial charge < -0.3 is 4.74 Å². The van der Waals surface area contributed by atoms with Crippen LogP contribution in [0, 0.1) is 0 Å². The predicted octanol–water partition coefficient (Wildman–Crippen LogP) is 3.59. The molecule has 0 aliphatic heterocycles. The summed E-state index contributed by atoms with van der Waals surface area (Å²) in [6.45, 7) is 0.536. The number of ether oxygens (including phenoxy) is 1. The second kappa shape index (κ2) is 5.32. The normalized spacial score (nSPS) is 15.2. The number of nitrogens with zero attached hydrogens (tertiary/aromatic N) is 1. The molecule has 2 aromatic rings. The lowest BCUT2D eigenvalue weighted by Gasteiger charge is -2.11. The molecule has 0 atom stereocenters. The largest absolute Gasteiger partial charge is 0.489 e. The summed E-state index contributed by atoms with van der Waals surface area (Å²) in [5, 5.41) is 0. The molecule has 3 rings (SSSR count). The van der Waals surface area contributed by atoms with E-state index in [-0.39, 0.29) is 5.54 Å². The van der Waals surface area contributed by atoms with Gasteiger partial charge in [0.2, 0.25) is 6.08 Å². The van der Waals surface area contributed by atoms with Crippen LogP contribution in [0.4, 0.5) is 0 Å². The summed E-state index contributed by atoms with van der Waals surface area (Å²) in [5.41, 5.74) is 1.82. The van der Waals surface area contributed by atoms with Crippen LogP contribution in [0.2, 0.25) is 0 Å². The number of aliphatic imine (C=N–C) groups is 1. The molecule has 1 aliphatic rings. The zero-order valence-electron chi connectivity index (χ0n) is 11.1. The van der Waals surface area contributed by atoms with E-state index in [4.69, 9.17) is 4.74 Å². The molecule has 3 heteroatoms. The number of rotatable bonds is 5. The number of isocyanates is 1. The SMILES string of the molecule is O=C=NC1(c2cccc(OCc3ccccc3)c2)CC1. The number of carbonyl (C=O) groups excluding carboxylic acids is 1. The molecule has 0 heterocycles. The van der Waals surface area contributed by atoms with E-state index in [0.29, 0.717) is 6.61 Å². The van der Waals surface area contributed by atoms with Crippen LogP contribution < -0.4 is 4.74 Å². The summed E-state index contributed by atoms with van der Waals surface area (Å²) in [6, 6.07) is 17.9. The Morgan fingerprint density at radius 2 is 1.90 bits per heavy atom. The highest BCUT2D eigenvalue weighted by atomic mass is 16.5. The zero-order chi connectivity index (χ0) is 13.8. The van der Waals surface area contributed by atoms with Gasteiger partial charge in [-0.15, -0.1) is 0 Å². The van der Waals surface area contributed by atoms with E-state index in [1.807, 2.05) is 54.6 Å². The Hall–Kier alpha value is -2.38. The van der Waals surface area contributed by atoms with Crippen molar-refractivity contribution >= 4 is 6.08 Å². The van der Waals surface area contributed by atoms with Gasteiger partial charge in [-0.3, -0.25) is 0 Å². The number of benzene rings is 2. The highest BCUT2D eigenvalue weighted by Crippen LogP contribution is 2.49. The van der Waals surface area contributed by atoms with Crippen LogP contribution in [0.1, 0.15) is 24.0 Å². The first-order valence-electron chi connectivity index (χ1n) is 6.69. The van der Waals surface area contributed by atoms with Crippen molar-refractivity contribution in [1.82, 2.24) is 0 Å². The molecule has 2 aromatic carbocycles. The molecule has 0 aromatic heterocycles. The monoisotopic (exact) mass is 265 g/mol. The Labute approximate surface area is 117 Å². The minimum atomic E-state index is -0.339. The fraction of sp³-hybridized carbons (Fsp3) is 0.235. The van der Waals surface area contributed by atoms with Gasteiger partial charge in [0.15, 0.2) is 0 Å². The van der Waals surface area contributed by atoms with E-state index in [1.165, 1.54) is 0 Å². The van der Waals surface area contributed by atoms with Crippen LogP contribution in [0.15, 0.2) is 59.6 Å². The van der Waals surface area contributed by atoms with Crippen molar-refractivity contribution in [3.05, 3.63) is 65.7 Å². The highest BCUT2D eigenvalue weighted by Gasteiger charge is 2.44. The molecule has 0 N–H and O–H groups in total. The molecule has 0 unspecified atom stereocenters.